The number of benzene rings is 2. The molecular weight excluding hydrogens is 392 g/mol. The number of pyridine rings is 1. The second-order valence-corrected chi connectivity index (χ2v) is 7.05. The summed E-state index contributed by atoms with van der Waals surface area (Å²) >= 11 is 0. The largest absolute Gasteiger partial charge is 0.487 e. The van der Waals surface area contributed by atoms with Crippen molar-refractivity contribution in [2.45, 2.75) is 20.1 Å². The van der Waals surface area contributed by atoms with Crippen LogP contribution in [-0.2, 0) is 17.9 Å². The molecule has 0 N–H and O–H groups in total. The monoisotopic (exact) mass is 416 g/mol. The summed E-state index contributed by atoms with van der Waals surface area (Å²) < 4.78 is 16.5. The molecule has 0 fully saturated rings. The Hall–Kier alpha value is -3.80. The zero-order valence-corrected chi connectivity index (χ0v) is 17.4. The van der Waals surface area contributed by atoms with Crippen LogP contribution in [0, 0.1) is 0 Å². The first-order valence-corrected chi connectivity index (χ1v) is 10.2. The van der Waals surface area contributed by atoms with E-state index in [1.165, 1.54) is 0 Å². The topological polar surface area (TPSA) is 60.9 Å². The molecule has 1 aliphatic heterocycles. The number of ether oxygens (including phenoxy) is 3. The van der Waals surface area contributed by atoms with Gasteiger partial charge in [-0.05, 0) is 60.5 Å². The molecule has 0 atom stereocenters. The molecule has 2 heterocycles. The van der Waals surface area contributed by atoms with Crippen molar-refractivity contribution >= 4 is 12.0 Å². The van der Waals surface area contributed by atoms with Crippen LogP contribution in [0.1, 0.15) is 23.7 Å². The van der Waals surface area contributed by atoms with Gasteiger partial charge >= 0.3 is 0 Å². The second-order valence-electron chi connectivity index (χ2n) is 7.05. The SMILES string of the molecule is CCN(Cc1ccc2c(c1)OCO2)C(=O)/C=C/c1ccc(OCc2ccccn2)cc1. The highest BCUT2D eigenvalue weighted by molar-refractivity contribution is 5.91. The van der Waals surface area contributed by atoms with Crippen LogP contribution in [0.4, 0.5) is 0 Å². The summed E-state index contributed by atoms with van der Waals surface area (Å²) in [6.45, 7) is 3.74. The van der Waals surface area contributed by atoms with Crippen LogP contribution in [-0.4, -0.2) is 29.1 Å². The molecule has 31 heavy (non-hydrogen) atoms. The molecule has 4 rings (SSSR count). The minimum Gasteiger partial charge on any atom is -0.487 e. The fourth-order valence-corrected chi connectivity index (χ4v) is 3.19. The number of hydrogen-bond acceptors (Lipinski definition) is 5. The molecule has 2 aromatic carbocycles. The highest BCUT2D eigenvalue weighted by atomic mass is 16.7. The summed E-state index contributed by atoms with van der Waals surface area (Å²) in [5.74, 6) is 2.18. The Morgan fingerprint density at radius 1 is 1.10 bits per heavy atom. The summed E-state index contributed by atoms with van der Waals surface area (Å²) in [5.41, 5.74) is 2.80. The van der Waals surface area contributed by atoms with Crippen molar-refractivity contribution in [2.75, 3.05) is 13.3 Å². The zero-order valence-electron chi connectivity index (χ0n) is 17.4. The molecule has 158 valence electrons. The summed E-state index contributed by atoms with van der Waals surface area (Å²) in [6.07, 6.45) is 5.16. The molecule has 0 bridgehead atoms. The van der Waals surface area contributed by atoms with Crippen LogP contribution in [0.3, 0.4) is 0 Å². The number of amides is 1. The number of nitrogens with zero attached hydrogens (tertiary/aromatic N) is 2. The van der Waals surface area contributed by atoms with Gasteiger partial charge < -0.3 is 19.1 Å². The molecule has 0 unspecified atom stereocenters. The number of carbonyl (C=O) groups is 1. The predicted molar refractivity (Wildman–Crippen MR) is 118 cm³/mol. The third-order valence-electron chi connectivity index (χ3n) is 4.92. The molecule has 0 saturated heterocycles. The van der Waals surface area contributed by atoms with Gasteiger partial charge in [-0.1, -0.05) is 24.3 Å². The fourth-order valence-electron chi connectivity index (χ4n) is 3.19. The van der Waals surface area contributed by atoms with Crippen LogP contribution in [0.2, 0.25) is 0 Å². The van der Waals surface area contributed by atoms with E-state index in [0.29, 0.717) is 19.7 Å². The predicted octanol–water partition coefficient (Wildman–Crippen LogP) is 4.45. The number of hydrogen-bond donors (Lipinski definition) is 0. The third kappa shape index (κ3) is 5.42. The number of carbonyl (C=O) groups excluding carboxylic acids is 1. The van der Waals surface area contributed by atoms with Gasteiger partial charge in [-0.25, -0.2) is 0 Å². The highest BCUT2D eigenvalue weighted by Gasteiger charge is 2.15. The minimum atomic E-state index is -0.0457. The molecular formula is C25H24N2O4. The van der Waals surface area contributed by atoms with E-state index in [0.717, 1.165) is 34.1 Å². The average molecular weight is 416 g/mol. The molecule has 6 nitrogen and oxygen atoms in total. The Balaban J connectivity index is 1.32. The van der Waals surface area contributed by atoms with Crippen molar-refractivity contribution in [2.24, 2.45) is 0 Å². The number of fused-ring (bicyclic) bond motifs is 1. The molecule has 1 aliphatic rings. The molecule has 0 radical (unpaired) electrons. The molecule has 6 heteroatoms. The van der Waals surface area contributed by atoms with Crippen molar-refractivity contribution in [3.63, 3.8) is 0 Å². The van der Waals surface area contributed by atoms with E-state index < -0.39 is 0 Å². The fraction of sp³-hybridized carbons (Fsp3) is 0.200. The van der Waals surface area contributed by atoms with Crippen molar-refractivity contribution < 1.29 is 19.0 Å². The van der Waals surface area contributed by atoms with Gasteiger partial charge in [0.15, 0.2) is 11.5 Å². The summed E-state index contributed by atoms with van der Waals surface area (Å²) in [7, 11) is 0. The Labute approximate surface area is 181 Å². The molecule has 0 aliphatic carbocycles. The van der Waals surface area contributed by atoms with E-state index >= 15 is 0 Å². The van der Waals surface area contributed by atoms with Gasteiger partial charge in [0.1, 0.15) is 12.4 Å². The van der Waals surface area contributed by atoms with E-state index in [2.05, 4.69) is 4.98 Å². The lowest BCUT2D eigenvalue weighted by Gasteiger charge is -2.19. The number of likely N-dealkylation sites (N-methyl/N-ethyl adjacent to an activating group) is 1. The lowest BCUT2D eigenvalue weighted by atomic mass is 10.1. The highest BCUT2D eigenvalue weighted by Crippen LogP contribution is 2.32. The van der Waals surface area contributed by atoms with Crippen molar-refractivity contribution in [3.8, 4) is 17.2 Å². The molecule has 0 saturated carbocycles. The summed E-state index contributed by atoms with van der Waals surface area (Å²) in [4.78, 5) is 18.7. The zero-order chi connectivity index (χ0) is 21.5. The third-order valence-corrected chi connectivity index (χ3v) is 4.92. The number of aromatic nitrogens is 1. The van der Waals surface area contributed by atoms with Gasteiger partial charge in [-0.3, -0.25) is 9.78 Å². The standard InChI is InChI=1S/C25H24N2O4/c1-2-27(16-20-8-12-23-24(15-20)31-18-30-23)25(28)13-9-19-6-10-22(11-7-19)29-17-21-5-3-4-14-26-21/h3-15H,2,16-18H2,1H3/b13-9+. The van der Waals surface area contributed by atoms with Crippen molar-refractivity contribution in [3.05, 3.63) is 89.8 Å². The Bertz CT molecular complexity index is 1050. The maximum Gasteiger partial charge on any atom is 0.246 e. The first-order chi connectivity index (χ1) is 15.2. The lowest BCUT2D eigenvalue weighted by molar-refractivity contribution is -0.126. The van der Waals surface area contributed by atoms with Crippen LogP contribution in [0.5, 0.6) is 17.2 Å². The van der Waals surface area contributed by atoms with E-state index in [1.807, 2.05) is 73.7 Å². The van der Waals surface area contributed by atoms with Gasteiger partial charge in [0, 0.05) is 25.4 Å². The van der Waals surface area contributed by atoms with E-state index in [9.17, 15) is 4.79 Å². The average Bonchev–Trinajstić information content (AvgIpc) is 3.29. The van der Waals surface area contributed by atoms with Crippen LogP contribution in [0.25, 0.3) is 6.08 Å². The van der Waals surface area contributed by atoms with Gasteiger partial charge in [0.25, 0.3) is 0 Å². The maximum absolute atomic E-state index is 12.7. The van der Waals surface area contributed by atoms with Crippen LogP contribution in [0.15, 0.2) is 72.9 Å². The van der Waals surface area contributed by atoms with E-state index in [-0.39, 0.29) is 12.7 Å². The second kappa shape index (κ2) is 9.80. The maximum atomic E-state index is 12.7. The smallest absolute Gasteiger partial charge is 0.246 e. The van der Waals surface area contributed by atoms with Gasteiger partial charge in [0.2, 0.25) is 12.7 Å². The van der Waals surface area contributed by atoms with Crippen LogP contribution < -0.4 is 14.2 Å². The van der Waals surface area contributed by atoms with E-state index in [1.54, 1.807) is 17.2 Å². The molecule has 1 aromatic heterocycles. The molecule has 3 aromatic rings. The Kier molecular flexibility index (Phi) is 6.47. The summed E-state index contributed by atoms with van der Waals surface area (Å²) in [6, 6.07) is 19.1. The quantitative estimate of drug-likeness (QED) is 0.508. The minimum absolute atomic E-state index is 0.0457. The van der Waals surface area contributed by atoms with Gasteiger partial charge in [-0.15, -0.1) is 0 Å². The van der Waals surface area contributed by atoms with Crippen molar-refractivity contribution in [1.82, 2.24) is 9.88 Å². The normalized spacial score (nSPS) is 12.2. The first kappa shape index (κ1) is 20.5. The Morgan fingerprint density at radius 3 is 2.71 bits per heavy atom. The molecule has 0 spiro atoms. The number of rotatable bonds is 8. The van der Waals surface area contributed by atoms with Crippen molar-refractivity contribution in [1.29, 1.82) is 0 Å². The van der Waals surface area contributed by atoms with E-state index in [4.69, 9.17) is 14.2 Å². The summed E-state index contributed by atoms with van der Waals surface area (Å²) in [5, 5.41) is 0. The van der Waals surface area contributed by atoms with Gasteiger partial charge in [-0.2, -0.15) is 0 Å². The molecule has 1 amide bonds. The van der Waals surface area contributed by atoms with Gasteiger partial charge in [0.05, 0.1) is 5.69 Å². The lowest BCUT2D eigenvalue weighted by Crippen LogP contribution is -2.28. The Morgan fingerprint density at radius 2 is 1.94 bits per heavy atom. The van der Waals surface area contributed by atoms with Crippen LogP contribution >= 0.6 is 0 Å². The first-order valence-electron chi connectivity index (χ1n) is 10.2.